The first kappa shape index (κ1) is 18.8. The van der Waals surface area contributed by atoms with E-state index >= 15 is 0 Å². The number of halogens is 1. The highest BCUT2D eigenvalue weighted by atomic mass is 35.5. The SMILES string of the molecule is CCC(C)c1ccc(C(CC)NC(=S)Nc2cccc(Cl)c2)cc1. The van der Waals surface area contributed by atoms with E-state index in [-0.39, 0.29) is 6.04 Å². The molecule has 0 heterocycles. The van der Waals surface area contributed by atoms with Gasteiger partial charge in [0.15, 0.2) is 5.11 Å². The summed E-state index contributed by atoms with van der Waals surface area (Å²) >= 11 is 11.4. The van der Waals surface area contributed by atoms with Gasteiger partial charge in [-0.1, -0.05) is 62.7 Å². The molecule has 2 aromatic carbocycles. The molecule has 0 spiro atoms. The Labute approximate surface area is 155 Å². The lowest BCUT2D eigenvalue weighted by Crippen LogP contribution is -2.32. The summed E-state index contributed by atoms with van der Waals surface area (Å²) in [5.74, 6) is 0.595. The van der Waals surface area contributed by atoms with Crippen molar-refractivity contribution in [3.63, 3.8) is 0 Å². The molecular weight excluding hydrogens is 336 g/mol. The van der Waals surface area contributed by atoms with Crippen molar-refractivity contribution < 1.29 is 0 Å². The predicted molar refractivity (Wildman–Crippen MR) is 109 cm³/mol. The molecule has 0 saturated carbocycles. The second-order valence-electron chi connectivity index (χ2n) is 6.05. The van der Waals surface area contributed by atoms with Crippen LogP contribution in [0.3, 0.4) is 0 Å². The van der Waals surface area contributed by atoms with E-state index in [1.165, 1.54) is 11.1 Å². The van der Waals surface area contributed by atoms with Crippen LogP contribution in [0.2, 0.25) is 5.02 Å². The molecule has 0 aliphatic carbocycles. The van der Waals surface area contributed by atoms with Crippen molar-refractivity contribution in [1.29, 1.82) is 0 Å². The quantitative estimate of drug-likeness (QED) is 0.592. The highest BCUT2D eigenvalue weighted by molar-refractivity contribution is 7.80. The van der Waals surface area contributed by atoms with Crippen LogP contribution in [-0.4, -0.2) is 5.11 Å². The zero-order valence-electron chi connectivity index (χ0n) is 14.5. The van der Waals surface area contributed by atoms with Gasteiger partial charge in [-0.15, -0.1) is 0 Å². The van der Waals surface area contributed by atoms with Crippen LogP contribution in [0.25, 0.3) is 0 Å². The number of nitrogens with one attached hydrogen (secondary N) is 2. The summed E-state index contributed by atoms with van der Waals surface area (Å²) in [4.78, 5) is 0. The molecule has 2 aromatic rings. The fourth-order valence-corrected chi connectivity index (χ4v) is 3.06. The first-order valence-electron chi connectivity index (χ1n) is 8.46. The van der Waals surface area contributed by atoms with Crippen LogP contribution in [0.4, 0.5) is 5.69 Å². The normalized spacial score (nSPS) is 13.2. The second-order valence-corrected chi connectivity index (χ2v) is 6.89. The Hall–Kier alpha value is -1.58. The van der Waals surface area contributed by atoms with E-state index in [4.69, 9.17) is 23.8 Å². The van der Waals surface area contributed by atoms with Crippen molar-refractivity contribution in [2.45, 2.75) is 45.6 Å². The largest absolute Gasteiger partial charge is 0.356 e. The van der Waals surface area contributed by atoms with Gasteiger partial charge in [-0.2, -0.15) is 0 Å². The van der Waals surface area contributed by atoms with Gasteiger partial charge in [-0.3, -0.25) is 0 Å². The molecule has 0 aromatic heterocycles. The second kappa shape index (κ2) is 9.05. The molecule has 0 bridgehead atoms. The monoisotopic (exact) mass is 360 g/mol. The van der Waals surface area contributed by atoms with Crippen molar-refractivity contribution in [2.24, 2.45) is 0 Å². The van der Waals surface area contributed by atoms with Crippen LogP contribution in [-0.2, 0) is 0 Å². The van der Waals surface area contributed by atoms with E-state index in [9.17, 15) is 0 Å². The molecule has 0 radical (unpaired) electrons. The van der Waals surface area contributed by atoms with Gasteiger partial charge in [-0.05, 0) is 60.3 Å². The number of rotatable bonds is 6. The Morgan fingerprint density at radius 1 is 1.04 bits per heavy atom. The molecule has 24 heavy (non-hydrogen) atoms. The highest BCUT2D eigenvalue weighted by Crippen LogP contribution is 2.23. The van der Waals surface area contributed by atoms with Gasteiger partial charge in [0.05, 0.1) is 6.04 Å². The lowest BCUT2D eigenvalue weighted by molar-refractivity contribution is 0.628. The first-order valence-corrected chi connectivity index (χ1v) is 9.25. The summed E-state index contributed by atoms with van der Waals surface area (Å²) in [6.45, 7) is 6.63. The summed E-state index contributed by atoms with van der Waals surface area (Å²) in [6.07, 6.45) is 2.11. The van der Waals surface area contributed by atoms with E-state index in [1.54, 1.807) is 0 Å². The summed E-state index contributed by atoms with van der Waals surface area (Å²) < 4.78 is 0. The maximum absolute atomic E-state index is 6.01. The van der Waals surface area contributed by atoms with Crippen molar-refractivity contribution in [3.05, 3.63) is 64.7 Å². The third-order valence-electron chi connectivity index (χ3n) is 4.32. The van der Waals surface area contributed by atoms with Gasteiger partial charge in [0, 0.05) is 10.7 Å². The third-order valence-corrected chi connectivity index (χ3v) is 4.77. The van der Waals surface area contributed by atoms with E-state index in [1.807, 2.05) is 24.3 Å². The zero-order valence-corrected chi connectivity index (χ0v) is 16.0. The Bertz CT molecular complexity index is 670. The smallest absolute Gasteiger partial charge is 0.171 e. The molecule has 2 unspecified atom stereocenters. The molecule has 2 atom stereocenters. The maximum Gasteiger partial charge on any atom is 0.171 e. The summed E-state index contributed by atoms with van der Waals surface area (Å²) in [7, 11) is 0. The van der Waals surface area contributed by atoms with Gasteiger partial charge < -0.3 is 10.6 Å². The van der Waals surface area contributed by atoms with Gasteiger partial charge in [0.1, 0.15) is 0 Å². The van der Waals surface area contributed by atoms with E-state index in [0.29, 0.717) is 16.1 Å². The molecule has 128 valence electrons. The molecule has 0 saturated heterocycles. The van der Waals surface area contributed by atoms with Crippen LogP contribution in [0.5, 0.6) is 0 Å². The van der Waals surface area contributed by atoms with E-state index in [2.05, 4.69) is 55.7 Å². The zero-order chi connectivity index (χ0) is 17.5. The molecular formula is C20H25ClN2S. The van der Waals surface area contributed by atoms with Crippen LogP contribution in [0.1, 0.15) is 56.7 Å². The Morgan fingerprint density at radius 2 is 1.71 bits per heavy atom. The van der Waals surface area contributed by atoms with Crippen LogP contribution in [0, 0.1) is 0 Å². The number of hydrogen-bond donors (Lipinski definition) is 2. The van der Waals surface area contributed by atoms with Gasteiger partial charge in [0.25, 0.3) is 0 Å². The molecule has 0 aliphatic heterocycles. The fraction of sp³-hybridized carbons (Fsp3) is 0.350. The van der Waals surface area contributed by atoms with E-state index < -0.39 is 0 Å². The molecule has 0 aliphatic rings. The minimum Gasteiger partial charge on any atom is -0.356 e. The first-order chi connectivity index (χ1) is 11.5. The minimum atomic E-state index is 0.190. The summed E-state index contributed by atoms with van der Waals surface area (Å²) in [5.41, 5.74) is 3.53. The molecule has 2 nitrogen and oxygen atoms in total. The molecule has 2 rings (SSSR count). The summed E-state index contributed by atoms with van der Waals surface area (Å²) in [5, 5.41) is 7.88. The minimum absolute atomic E-state index is 0.190. The third kappa shape index (κ3) is 5.22. The van der Waals surface area contributed by atoms with Crippen LogP contribution >= 0.6 is 23.8 Å². The van der Waals surface area contributed by atoms with Crippen molar-refractivity contribution in [2.75, 3.05) is 5.32 Å². The van der Waals surface area contributed by atoms with Crippen molar-refractivity contribution in [3.8, 4) is 0 Å². The number of thiocarbonyl (C=S) groups is 1. The standard InChI is InChI=1S/C20H25ClN2S/c1-4-14(3)15-9-11-16(12-10-15)19(5-2)23-20(24)22-18-8-6-7-17(21)13-18/h6-14,19H,4-5H2,1-3H3,(H2,22,23,24). The molecule has 0 fully saturated rings. The van der Waals surface area contributed by atoms with Crippen LogP contribution in [0.15, 0.2) is 48.5 Å². The van der Waals surface area contributed by atoms with Crippen molar-refractivity contribution >= 4 is 34.6 Å². The van der Waals surface area contributed by atoms with Gasteiger partial charge >= 0.3 is 0 Å². The van der Waals surface area contributed by atoms with Crippen LogP contribution < -0.4 is 10.6 Å². The molecule has 0 amide bonds. The average molecular weight is 361 g/mol. The Kier molecular flexibility index (Phi) is 7.07. The Morgan fingerprint density at radius 3 is 2.29 bits per heavy atom. The van der Waals surface area contributed by atoms with E-state index in [0.717, 1.165) is 18.5 Å². The Balaban J connectivity index is 2.01. The molecule has 4 heteroatoms. The number of anilines is 1. The summed E-state index contributed by atoms with van der Waals surface area (Å²) in [6, 6.07) is 16.6. The predicted octanol–water partition coefficient (Wildman–Crippen LogP) is 6.29. The lowest BCUT2D eigenvalue weighted by atomic mass is 9.95. The average Bonchev–Trinajstić information content (AvgIpc) is 2.59. The highest BCUT2D eigenvalue weighted by Gasteiger charge is 2.12. The number of benzene rings is 2. The van der Waals surface area contributed by atoms with Crippen molar-refractivity contribution in [1.82, 2.24) is 5.32 Å². The molecule has 2 N–H and O–H groups in total. The number of hydrogen-bond acceptors (Lipinski definition) is 1. The topological polar surface area (TPSA) is 24.1 Å². The van der Waals surface area contributed by atoms with Gasteiger partial charge in [0.2, 0.25) is 0 Å². The lowest BCUT2D eigenvalue weighted by Gasteiger charge is -2.21. The maximum atomic E-state index is 6.01. The fourth-order valence-electron chi connectivity index (χ4n) is 2.61. The van der Waals surface area contributed by atoms with Gasteiger partial charge in [-0.25, -0.2) is 0 Å².